The van der Waals surface area contributed by atoms with Crippen LogP contribution in [0, 0.1) is 5.92 Å². The monoisotopic (exact) mass is 466 g/mol. The van der Waals surface area contributed by atoms with E-state index >= 15 is 0 Å². The minimum Gasteiger partial charge on any atom is -0.480 e. The number of nitrogens with one attached hydrogen (secondary N) is 1. The number of fused-ring (bicyclic) bond motifs is 1. The van der Waals surface area contributed by atoms with E-state index in [4.69, 9.17) is 10.5 Å². The van der Waals surface area contributed by atoms with Crippen molar-refractivity contribution in [2.45, 2.75) is 36.0 Å². The minimum atomic E-state index is -4.08. The molecule has 2 unspecified atom stereocenters. The molecule has 1 aliphatic rings. The number of aliphatic carboxylic acids is 1. The van der Waals surface area contributed by atoms with Gasteiger partial charge >= 0.3 is 5.97 Å². The first-order valence-electron chi connectivity index (χ1n) is 10.6. The van der Waals surface area contributed by atoms with Gasteiger partial charge in [0.05, 0.1) is 17.1 Å². The van der Waals surface area contributed by atoms with Crippen molar-refractivity contribution in [2.24, 2.45) is 5.92 Å². The molecule has 0 saturated carbocycles. The van der Waals surface area contributed by atoms with Crippen LogP contribution >= 0.6 is 0 Å². The van der Waals surface area contributed by atoms with E-state index in [0.29, 0.717) is 18.5 Å². The highest BCUT2D eigenvalue weighted by Crippen LogP contribution is 2.42. The van der Waals surface area contributed by atoms with E-state index in [-0.39, 0.29) is 11.0 Å². The predicted molar refractivity (Wildman–Crippen MR) is 127 cm³/mol. The summed E-state index contributed by atoms with van der Waals surface area (Å²) in [6.45, 7) is 3.76. The van der Waals surface area contributed by atoms with Crippen molar-refractivity contribution in [2.75, 3.05) is 5.73 Å². The Morgan fingerprint density at radius 3 is 2.55 bits per heavy atom. The highest BCUT2D eigenvalue weighted by atomic mass is 32.2. The lowest BCUT2D eigenvalue weighted by Gasteiger charge is -2.24. The third-order valence-corrected chi connectivity index (χ3v) is 7.50. The topological polar surface area (TPSA) is 119 Å². The highest BCUT2D eigenvalue weighted by Gasteiger charge is 2.44. The summed E-state index contributed by atoms with van der Waals surface area (Å²) < 4.78 is 34.5. The molecule has 3 aromatic rings. The summed E-state index contributed by atoms with van der Waals surface area (Å²) in [5.41, 5.74) is 7.01. The van der Waals surface area contributed by atoms with Crippen LogP contribution in [0.5, 0.6) is 0 Å². The maximum Gasteiger partial charge on any atom is 0.322 e. The number of anilines is 1. The first-order valence-corrected chi connectivity index (χ1v) is 12.1. The van der Waals surface area contributed by atoms with E-state index in [1.165, 1.54) is 24.3 Å². The lowest BCUT2D eigenvalue weighted by molar-refractivity contribution is -0.141. The molecule has 8 heteroatoms. The van der Waals surface area contributed by atoms with Gasteiger partial charge in [-0.3, -0.25) is 4.79 Å². The van der Waals surface area contributed by atoms with Gasteiger partial charge in [-0.25, -0.2) is 8.42 Å². The molecule has 172 valence electrons. The summed E-state index contributed by atoms with van der Waals surface area (Å²) in [4.78, 5) is 12.2. The smallest absolute Gasteiger partial charge is 0.322 e. The molecule has 1 heterocycles. The second kappa shape index (κ2) is 9.35. The number of sulfonamides is 1. The molecule has 1 saturated heterocycles. The number of nitrogen functional groups attached to an aromatic ring is 1. The van der Waals surface area contributed by atoms with Gasteiger partial charge in [-0.15, -0.1) is 6.58 Å². The zero-order valence-corrected chi connectivity index (χ0v) is 18.7. The SMILES string of the molecule is C=CC[C@@H]1OC(c2cccc3ccccc23)C[C@@H]1C(NS(=O)(=O)c1ccc(N)cc1)C(=O)O. The van der Waals surface area contributed by atoms with Crippen molar-refractivity contribution in [3.05, 3.63) is 84.9 Å². The maximum absolute atomic E-state index is 12.9. The summed E-state index contributed by atoms with van der Waals surface area (Å²) >= 11 is 0. The standard InChI is InChI=1S/C25H26N2O5S/c1-2-6-22-21(15-23(32-22)20-10-5-8-16-7-3-4-9-19(16)20)24(25(28)29)27-33(30,31)18-13-11-17(26)12-14-18/h2-5,7-14,21-24,27H,1,6,15,26H2,(H,28,29)/t21-,22-,23?,24?/m0/s1. The van der Waals surface area contributed by atoms with E-state index in [9.17, 15) is 18.3 Å². The third-order valence-electron chi connectivity index (χ3n) is 6.04. The van der Waals surface area contributed by atoms with Crippen molar-refractivity contribution in [1.29, 1.82) is 0 Å². The number of rotatable bonds is 8. The summed E-state index contributed by atoms with van der Waals surface area (Å²) in [5, 5.41) is 12.1. The number of carbonyl (C=O) groups is 1. The molecule has 0 amide bonds. The Labute approximate surface area is 192 Å². The van der Waals surface area contributed by atoms with Gasteiger partial charge in [0.25, 0.3) is 0 Å². The van der Waals surface area contributed by atoms with E-state index < -0.39 is 34.1 Å². The summed E-state index contributed by atoms with van der Waals surface area (Å²) in [6, 6.07) is 18.1. The zero-order valence-electron chi connectivity index (χ0n) is 17.9. The second-order valence-corrected chi connectivity index (χ2v) is 9.88. The van der Waals surface area contributed by atoms with Crippen molar-refractivity contribution < 1.29 is 23.1 Å². The van der Waals surface area contributed by atoms with Crippen LogP contribution in [0.3, 0.4) is 0 Å². The number of ether oxygens (including phenoxy) is 1. The quantitative estimate of drug-likeness (QED) is 0.342. The number of benzene rings is 3. The van der Waals surface area contributed by atoms with Gasteiger partial charge in [-0.05, 0) is 53.4 Å². The minimum absolute atomic E-state index is 0.0484. The summed E-state index contributed by atoms with van der Waals surface area (Å²) in [6.07, 6.45) is 1.56. The lowest BCUT2D eigenvalue weighted by atomic mass is 9.88. The number of carboxylic acids is 1. The van der Waals surface area contributed by atoms with Gasteiger partial charge in [0.1, 0.15) is 6.04 Å². The second-order valence-electron chi connectivity index (χ2n) is 8.16. The number of hydrogen-bond donors (Lipinski definition) is 3. The molecule has 33 heavy (non-hydrogen) atoms. The molecule has 0 bridgehead atoms. The van der Waals surface area contributed by atoms with Crippen LogP contribution in [0.25, 0.3) is 10.8 Å². The molecule has 0 radical (unpaired) electrons. The maximum atomic E-state index is 12.9. The van der Waals surface area contributed by atoms with Crippen LogP contribution in [0.1, 0.15) is 24.5 Å². The number of hydrogen-bond acceptors (Lipinski definition) is 5. The van der Waals surface area contributed by atoms with E-state index in [1.54, 1.807) is 6.08 Å². The van der Waals surface area contributed by atoms with Crippen LogP contribution in [0.2, 0.25) is 0 Å². The Kier molecular flexibility index (Phi) is 6.51. The number of nitrogens with two attached hydrogens (primary N) is 1. The van der Waals surface area contributed by atoms with Crippen molar-refractivity contribution >= 4 is 32.5 Å². The number of carboxylic acid groups (broad SMARTS) is 1. The van der Waals surface area contributed by atoms with Gasteiger partial charge in [0.15, 0.2) is 0 Å². The Morgan fingerprint density at radius 2 is 1.85 bits per heavy atom. The van der Waals surface area contributed by atoms with E-state index in [1.807, 2.05) is 42.5 Å². The normalized spacial score (nSPS) is 21.6. The Bertz CT molecular complexity index is 1270. The van der Waals surface area contributed by atoms with Gasteiger partial charge in [0, 0.05) is 11.6 Å². The summed E-state index contributed by atoms with van der Waals surface area (Å²) in [5.74, 6) is -1.84. The Hall–Kier alpha value is -3.20. The van der Waals surface area contributed by atoms with Gasteiger partial charge in [0.2, 0.25) is 10.0 Å². The van der Waals surface area contributed by atoms with Gasteiger partial charge in [-0.2, -0.15) is 4.72 Å². The van der Waals surface area contributed by atoms with Crippen LogP contribution in [0.15, 0.2) is 84.3 Å². The fourth-order valence-electron chi connectivity index (χ4n) is 4.45. The van der Waals surface area contributed by atoms with Gasteiger partial charge in [-0.1, -0.05) is 48.5 Å². The van der Waals surface area contributed by atoms with Crippen molar-refractivity contribution in [3.63, 3.8) is 0 Å². The molecule has 0 aliphatic carbocycles. The lowest BCUT2D eigenvalue weighted by Crippen LogP contribution is -2.48. The molecule has 0 aromatic heterocycles. The van der Waals surface area contributed by atoms with E-state index in [2.05, 4.69) is 11.3 Å². The molecule has 4 N–H and O–H groups in total. The van der Waals surface area contributed by atoms with Crippen LogP contribution < -0.4 is 10.5 Å². The molecular formula is C25H26N2O5S. The van der Waals surface area contributed by atoms with Crippen molar-refractivity contribution in [1.82, 2.24) is 4.72 Å². The largest absolute Gasteiger partial charge is 0.480 e. The van der Waals surface area contributed by atoms with E-state index in [0.717, 1.165) is 16.3 Å². The predicted octanol–water partition coefficient (Wildman–Crippen LogP) is 3.88. The third kappa shape index (κ3) is 4.78. The molecule has 4 rings (SSSR count). The molecule has 7 nitrogen and oxygen atoms in total. The molecular weight excluding hydrogens is 440 g/mol. The highest BCUT2D eigenvalue weighted by molar-refractivity contribution is 7.89. The molecule has 0 spiro atoms. The fraction of sp³-hybridized carbons (Fsp3) is 0.240. The molecule has 1 fully saturated rings. The molecule has 3 aromatic carbocycles. The first kappa shape index (κ1) is 23.0. The van der Waals surface area contributed by atoms with Crippen LogP contribution in [0.4, 0.5) is 5.69 Å². The fourth-order valence-corrected chi connectivity index (χ4v) is 5.69. The van der Waals surface area contributed by atoms with Crippen LogP contribution in [-0.2, 0) is 19.6 Å². The van der Waals surface area contributed by atoms with Crippen LogP contribution in [-0.4, -0.2) is 31.6 Å². The Balaban J connectivity index is 1.66. The average Bonchev–Trinajstić information content (AvgIpc) is 3.21. The molecule has 1 aliphatic heterocycles. The van der Waals surface area contributed by atoms with Crippen molar-refractivity contribution in [3.8, 4) is 0 Å². The zero-order chi connectivity index (χ0) is 23.6. The molecule has 4 atom stereocenters. The first-order chi connectivity index (χ1) is 15.8. The average molecular weight is 467 g/mol. The van der Waals surface area contributed by atoms with Gasteiger partial charge < -0.3 is 15.6 Å². The Morgan fingerprint density at radius 1 is 1.15 bits per heavy atom. The summed E-state index contributed by atoms with van der Waals surface area (Å²) in [7, 11) is -4.08.